The van der Waals surface area contributed by atoms with Gasteiger partial charge in [-0.05, 0) is 13.8 Å². The minimum atomic E-state index is -4.00. The zero-order valence-electron chi connectivity index (χ0n) is 14.2. The van der Waals surface area contributed by atoms with Gasteiger partial charge >= 0.3 is 6.03 Å². The number of carbonyl (C=O) groups is 1. The maximum atomic E-state index is 12.2. The van der Waals surface area contributed by atoms with Crippen LogP contribution in [0.3, 0.4) is 0 Å². The van der Waals surface area contributed by atoms with Crippen LogP contribution in [0, 0.1) is 10.1 Å². The third-order valence-corrected chi connectivity index (χ3v) is 6.00. The van der Waals surface area contributed by atoms with Gasteiger partial charge in [0.25, 0.3) is 0 Å². The van der Waals surface area contributed by atoms with Crippen LogP contribution in [0.2, 0.25) is 0 Å². The lowest BCUT2D eigenvalue weighted by Gasteiger charge is -2.28. The average Bonchev–Trinajstić information content (AvgIpc) is 2.78. The summed E-state index contributed by atoms with van der Waals surface area (Å²) in [6.07, 6.45) is -1.47. The SMILES string of the molecule is CCN(CC)C(=O)N[C@@H]1[C@H](N[N+](=O)[O-])N(S(C)(=O)=O)CN1S(C)(=O)=O. The summed E-state index contributed by atoms with van der Waals surface area (Å²) in [6, 6.07) is -0.672. The van der Waals surface area contributed by atoms with Gasteiger partial charge < -0.3 is 10.2 Å². The summed E-state index contributed by atoms with van der Waals surface area (Å²) < 4.78 is 49.0. The maximum absolute atomic E-state index is 12.2. The number of hydrogen-bond donors (Lipinski definition) is 2. The summed E-state index contributed by atoms with van der Waals surface area (Å²) in [5, 5.41) is 12.2. The zero-order valence-corrected chi connectivity index (χ0v) is 15.9. The highest BCUT2D eigenvalue weighted by atomic mass is 32.2. The number of carbonyl (C=O) groups excluding carboxylic acids is 1. The number of nitrogens with one attached hydrogen (secondary N) is 2. The molecule has 0 aromatic heterocycles. The number of urea groups is 1. The predicted octanol–water partition coefficient (Wildman–Crippen LogP) is -2.03. The van der Waals surface area contributed by atoms with Crippen molar-refractivity contribution in [3.8, 4) is 0 Å². The molecule has 1 fully saturated rings. The maximum Gasteiger partial charge on any atom is 0.318 e. The Balaban J connectivity index is 3.31. The van der Waals surface area contributed by atoms with E-state index in [1.807, 2.05) is 0 Å². The molecule has 0 aromatic carbocycles. The second kappa shape index (κ2) is 7.67. The number of amides is 2. The molecule has 0 unspecified atom stereocenters. The van der Waals surface area contributed by atoms with Gasteiger partial charge in [0.2, 0.25) is 20.0 Å². The van der Waals surface area contributed by atoms with Crippen molar-refractivity contribution in [2.75, 3.05) is 32.3 Å². The van der Waals surface area contributed by atoms with Crippen LogP contribution in [0.15, 0.2) is 0 Å². The Labute approximate surface area is 146 Å². The molecule has 2 atom stereocenters. The molecule has 0 saturated carbocycles. The Morgan fingerprint density at radius 3 is 1.92 bits per heavy atom. The molecule has 0 aromatic rings. The van der Waals surface area contributed by atoms with Crippen molar-refractivity contribution >= 4 is 26.1 Å². The first-order valence-electron chi connectivity index (χ1n) is 7.22. The smallest absolute Gasteiger partial charge is 0.318 e. The van der Waals surface area contributed by atoms with E-state index in [-0.39, 0.29) is 0 Å². The van der Waals surface area contributed by atoms with Crippen molar-refractivity contribution in [3.63, 3.8) is 0 Å². The largest absolute Gasteiger partial charge is 0.325 e. The third-order valence-electron chi connectivity index (χ3n) is 3.61. The predicted molar refractivity (Wildman–Crippen MR) is 87.4 cm³/mol. The molecular weight excluding hydrogens is 380 g/mol. The Morgan fingerprint density at radius 2 is 1.56 bits per heavy atom. The highest BCUT2D eigenvalue weighted by molar-refractivity contribution is 7.89. The van der Waals surface area contributed by atoms with Crippen molar-refractivity contribution in [2.45, 2.75) is 26.2 Å². The minimum absolute atomic E-state index is 0.317. The second-order valence-electron chi connectivity index (χ2n) is 5.34. The van der Waals surface area contributed by atoms with Gasteiger partial charge in [0, 0.05) is 13.1 Å². The van der Waals surface area contributed by atoms with Gasteiger partial charge in [-0.25, -0.2) is 31.7 Å². The number of hydrazine groups is 1. The normalized spacial score (nSPS) is 22.6. The van der Waals surface area contributed by atoms with E-state index in [1.165, 1.54) is 4.90 Å². The molecule has 0 radical (unpaired) electrons. The van der Waals surface area contributed by atoms with Crippen LogP contribution in [0.25, 0.3) is 0 Å². The third kappa shape index (κ3) is 5.13. The molecule has 146 valence electrons. The summed E-state index contributed by atoms with van der Waals surface area (Å²) in [7, 11) is -7.96. The van der Waals surface area contributed by atoms with Crippen molar-refractivity contribution in [3.05, 3.63) is 10.1 Å². The lowest BCUT2D eigenvalue weighted by Crippen LogP contribution is -2.60. The number of hydrogen-bond acceptors (Lipinski definition) is 7. The van der Waals surface area contributed by atoms with Crippen LogP contribution in [0.4, 0.5) is 4.79 Å². The molecule has 1 aliphatic rings. The lowest BCUT2D eigenvalue weighted by atomic mass is 10.4. The molecule has 0 spiro atoms. The number of rotatable bonds is 7. The van der Waals surface area contributed by atoms with E-state index in [9.17, 15) is 31.7 Å². The summed E-state index contributed by atoms with van der Waals surface area (Å²) in [6.45, 7) is 3.36. The summed E-state index contributed by atoms with van der Waals surface area (Å²) >= 11 is 0. The lowest BCUT2D eigenvalue weighted by molar-refractivity contribution is -0.554. The van der Waals surface area contributed by atoms with E-state index in [1.54, 1.807) is 19.3 Å². The van der Waals surface area contributed by atoms with Gasteiger partial charge in [-0.2, -0.15) is 8.61 Å². The standard InChI is InChI=1S/C10H22N6O7S2/c1-5-13(6-2)10(17)11-8-9(12-16(18)19)15(25(4,22)23)7-14(8)24(3,20)21/h8-9,12H,5-7H2,1-4H3,(H,11,17)/t8-,9+/m0/s1. The van der Waals surface area contributed by atoms with Crippen molar-refractivity contribution in [1.82, 2.24) is 24.3 Å². The molecule has 2 amide bonds. The van der Waals surface area contributed by atoms with E-state index in [0.29, 0.717) is 21.7 Å². The van der Waals surface area contributed by atoms with E-state index >= 15 is 0 Å². The molecule has 25 heavy (non-hydrogen) atoms. The molecule has 0 aliphatic carbocycles. The highest BCUT2D eigenvalue weighted by Gasteiger charge is 2.51. The second-order valence-corrected chi connectivity index (χ2v) is 9.21. The summed E-state index contributed by atoms with van der Waals surface area (Å²) in [5.41, 5.74) is 1.76. The van der Waals surface area contributed by atoms with Gasteiger partial charge in [0.15, 0.2) is 11.2 Å². The molecule has 15 heteroatoms. The van der Waals surface area contributed by atoms with Crippen LogP contribution in [0.1, 0.15) is 13.8 Å². The van der Waals surface area contributed by atoms with Crippen molar-refractivity contribution < 1.29 is 26.7 Å². The monoisotopic (exact) mass is 402 g/mol. The number of nitrogens with zero attached hydrogens (tertiary/aromatic N) is 4. The Bertz CT molecular complexity index is 720. The average molecular weight is 402 g/mol. The molecule has 1 aliphatic heterocycles. The van der Waals surface area contributed by atoms with Gasteiger partial charge in [-0.3, -0.25) is 0 Å². The van der Waals surface area contributed by atoms with Gasteiger partial charge in [0.05, 0.1) is 19.2 Å². The quantitative estimate of drug-likeness (QED) is 0.364. The van der Waals surface area contributed by atoms with Crippen LogP contribution in [-0.2, 0) is 20.0 Å². The molecule has 1 heterocycles. The first-order valence-corrected chi connectivity index (χ1v) is 10.9. The highest BCUT2D eigenvalue weighted by Crippen LogP contribution is 2.23. The molecule has 2 N–H and O–H groups in total. The van der Waals surface area contributed by atoms with Gasteiger partial charge in [0.1, 0.15) is 6.17 Å². The fourth-order valence-electron chi connectivity index (χ4n) is 2.37. The van der Waals surface area contributed by atoms with E-state index in [2.05, 4.69) is 5.32 Å². The fraction of sp³-hybridized carbons (Fsp3) is 0.900. The Morgan fingerprint density at radius 1 is 1.12 bits per heavy atom. The minimum Gasteiger partial charge on any atom is -0.325 e. The topological polar surface area (TPSA) is 162 Å². The van der Waals surface area contributed by atoms with Crippen LogP contribution < -0.4 is 10.7 Å². The van der Waals surface area contributed by atoms with E-state index < -0.39 is 50.1 Å². The Kier molecular flexibility index (Phi) is 6.55. The molecule has 0 bridgehead atoms. The molecule has 1 rings (SSSR count). The number of sulfonamides is 2. The van der Waals surface area contributed by atoms with E-state index in [0.717, 1.165) is 12.5 Å². The van der Waals surface area contributed by atoms with Gasteiger partial charge in [-0.15, -0.1) is 5.43 Å². The van der Waals surface area contributed by atoms with Crippen LogP contribution in [-0.4, -0.2) is 86.0 Å². The van der Waals surface area contributed by atoms with Crippen LogP contribution >= 0.6 is 0 Å². The fourth-order valence-corrected chi connectivity index (χ4v) is 4.27. The van der Waals surface area contributed by atoms with Crippen molar-refractivity contribution in [1.29, 1.82) is 0 Å². The first kappa shape index (κ1) is 21.3. The van der Waals surface area contributed by atoms with E-state index in [4.69, 9.17) is 0 Å². The van der Waals surface area contributed by atoms with Crippen LogP contribution in [0.5, 0.6) is 0 Å². The summed E-state index contributed by atoms with van der Waals surface area (Å²) in [4.78, 5) is 24.4. The molecule has 13 nitrogen and oxygen atoms in total. The first-order chi connectivity index (χ1) is 11.3. The zero-order chi connectivity index (χ0) is 19.6. The molecular formula is C10H22N6O7S2. The Hall–Kier alpha value is -1.71. The number of nitro groups is 1. The van der Waals surface area contributed by atoms with Gasteiger partial charge in [-0.1, -0.05) is 0 Å². The summed E-state index contributed by atoms with van der Waals surface area (Å²) in [5.74, 6) is 0. The molecule has 1 saturated heterocycles. The van der Waals surface area contributed by atoms with Crippen molar-refractivity contribution in [2.24, 2.45) is 0 Å².